The highest BCUT2D eigenvalue weighted by atomic mass is 19.4. The molecule has 0 aliphatic rings. The smallest absolute Gasteiger partial charge is 0.166 e. The maximum Gasteiger partial charge on any atom is 0.417 e. The lowest BCUT2D eigenvalue weighted by molar-refractivity contribution is -0.143. The molecule has 0 bridgehead atoms. The standard InChI is InChI=1S/C10H6F6/c1-2-6-3-4-7(9(11,12)13)5-8(6)10(14,15)16/h2-5H,1H2. The van der Waals surface area contributed by atoms with Crippen LogP contribution in [0, 0.1) is 0 Å². The molecule has 0 saturated carbocycles. The molecule has 0 unspecified atom stereocenters. The molecule has 16 heavy (non-hydrogen) atoms. The molecule has 0 amide bonds. The summed E-state index contributed by atoms with van der Waals surface area (Å²) in [6.07, 6.45) is -8.76. The summed E-state index contributed by atoms with van der Waals surface area (Å²) in [6, 6.07) is 1.42. The lowest BCUT2D eigenvalue weighted by atomic mass is 10.0. The molecule has 1 rings (SSSR count). The van der Waals surface area contributed by atoms with Crippen molar-refractivity contribution in [2.45, 2.75) is 12.4 Å². The Morgan fingerprint density at radius 2 is 1.50 bits per heavy atom. The molecule has 0 aromatic heterocycles. The maximum atomic E-state index is 12.4. The third-order valence-corrected chi connectivity index (χ3v) is 1.91. The predicted molar refractivity (Wildman–Crippen MR) is 46.5 cm³/mol. The molecule has 0 aliphatic carbocycles. The summed E-state index contributed by atoms with van der Waals surface area (Å²) < 4.78 is 73.8. The number of hydrogen-bond donors (Lipinski definition) is 0. The van der Waals surface area contributed by atoms with Crippen LogP contribution in [0.15, 0.2) is 24.8 Å². The highest BCUT2D eigenvalue weighted by Gasteiger charge is 2.37. The number of benzene rings is 1. The van der Waals surface area contributed by atoms with Crippen molar-refractivity contribution in [3.05, 3.63) is 41.5 Å². The molecule has 0 heterocycles. The number of halogens is 6. The molecule has 6 heteroatoms. The second-order valence-electron chi connectivity index (χ2n) is 3.00. The quantitative estimate of drug-likeness (QED) is 0.639. The van der Waals surface area contributed by atoms with Gasteiger partial charge in [0.25, 0.3) is 0 Å². The monoisotopic (exact) mass is 240 g/mol. The first-order chi connectivity index (χ1) is 7.16. The van der Waals surface area contributed by atoms with Crippen LogP contribution in [-0.4, -0.2) is 0 Å². The van der Waals surface area contributed by atoms with Crippen LogP contribution in [0.1, 0.15) is 16.7 Å². The van der Waals surface area contributed by atoms with E-state index in [0.717, 1.165) is 12.1 Å². The summed E-state index contributed by atoms with van der Waals surface area (Å²) in [5, 5.41) is 0. The Morgan fingerprint density at radius 1 is 0.938 bits per heavy atom. The van der Waals surface area contributed by atoms with Gasteiger partial charge in [-0.05, 0) is 17.7 Å². The van der Waals surface area contributed by atoms with Gasteiger partial charge >= 0.3 is 12.4 Å². The fourth-order valence-corrected chi connectivity index (χ4v) is 1.16. The minimum atomic E-state index is -4.83. The Bertz CT molecular complexity index is 399. The average molecular weight is 240 g/mol. The lowest BCUT2D eigenvalue weighted by Crippen LogP contribution is -2.12. The largest absolute Gasteiger partial charge is 0.417 e. The van der Waals surface area contributed by atoms with E-state index in [1.165, 1.54) is 0 Å². The summed E-state index contributed by atoms with van der Waals surface area (Å²) in [7, 11) is 0. The minimum absolute atomic E-state index is 0.0804. The Balaban J connectivity index is 3.39. The van der Waals surface area contributed by atoms with Crippen molar-refractivity contribution >= 4 is 6.08 Å². The van der Waals surface area contributed by atoms with E-state index < -0.39 is 23.5 Å². The van der Waals surface area contributed by atoms with Crippen LogP contribution in [0.4, 0.5) is 26.3 Å². The van der Waals surface area contributed by atoms with Gasteiger partial charge < -0.3 is 0 Å². The van der Waals surface area contributed by atoms with Gasteiger partial charge in [0, 0.05) is 0 Å². The van der Waals surface area contributed by atoms with E-state index in [4.69, 9.17) is 0 Å². The van der Waals surface area contributed by atoms with E-state index in [0.29, 0.717) is 6.07 Å². The average Bonchev–Trinajstić information content (AvgIpc) is 2.14. The minimum Gasteiger partial charge on any atom is -0.166 e. The van der Waals surface area contributed by atoms with Gasteiger partial charge in [-0.2, -0.15) is 26.3 Å². The van der Waals surface area contributed by atoms with Crippen molar-refractivity contribution < 1.29 is 26.3 Å². The van der Waals surface area contributed by atoms with Crippen molar-refractivity contribution in [2.75, 3.05) is 0 Å². The zero-order valence-electron chi connectivity index (χ0n) is 7.78. The molecule has 0 radical (unpaired) electrons. The van der Waals surface area contributed by atoms with Crippen LogP contribution in [0.5, 0.6) is 0 Å². The SMILES string of the molecule is C=Cc1ccc(C(F)(F)F)cc1C(F)(F)F. The van der Waals surface area contributed by atoms with Gasteiger partial charge in [-0.15, -0.1) is 0 Å². The van der Waals surface area contributed by atoms with Gasteiger partial charge in [-0.1, -0.05) is 18.7 Å². The maximum absolute atomic E-state index is 12.4. The first kappa shape index (κ1) is 12.6. The lowest BCUT2D eigenvalue weighted by Gasteiger charge is -2.13. The molecule has 0 N–H and O–H groups in total. The Morgan fingerprint density at radius 3 is 1.88 bits per heavy atom. The van der Waals surface area contributed by atoms with E-state index in [1.54, 1.807) is 0 Å². The molecule has 0 spiro atoms. The third kappa shape index (κ3) is 2.56. The molecule has 0 aliphatic heterocycles. The Labute approximate surface area is 87.2 Å². The fourth-order valence-electron chi connectivity index (χ4n) is 1.16. The third-order valence-electron chi connectivity index (χ3n) is 1.91. The van der Waals surface area contributed by atoms with Gasteiger partial charge in [0.05, 0.1) is 11.1 Å². The summed E-state index contributed by atoms with van der Waals surface area (Å²) >= 11 is 0. The van der Waals surface area contributed by atoms with Crippen LogP contribution in [-0.2, 0) is 12.4 Å². The van der Waals surface area contributed by atoms with E-state index in [-0.39, 0.29) is 11.6 Å². The summed E-state index contributed by atoms with van der Waals surface area (Å²) in [4.78, 5) is 0. The zero-order chi connectivity index (χ0) is 12.6. The molecule has 1 aromatic carbocycles. The second-order valence-corrected chi connectivity index (χ2v) is 3.00. The summed E-state index contributed by atoms with van der Waals surface area (Å²) in [5.41, 5.74) is -3.04. The molecule has 1 aromatic rings. The normalized spacial score (nSPS) is 12.6. The highest BCUT2D eigenvalue weighted by Crippen LogP contribution is 2.37. The molecular formula is C10H6F6. The van der Waals surface area contributed by atoms with Crippen molar-refractivity contribution in [2.24, 2.45) is 0 Å². The summed E-state index contributed by atoms with van der Waals surface area (Å²) in [6.45, 7) is 3.12. The molecule has 0 saturated heterocycles. The van der Waals surface area contributed by atoms with Crippen LogP contribution >= 0.6 is 0 Å². The number of hydrogen-bond acceptors (Lipinski definition) is 0. The first-order valence-corrected chi connectivity index (χ1v) is 4.07. The van der Waals surface area contributed by atoms with Gasteiger partial charge in [0.1, 0.15) is 0 Å². The topological polar surface area (TPSA) is 0 Å². The second kappa shape index (κ2) is 3.84. The van der Waals surface area contributed by atoms with Gasteiger partial charge in [0.2, 0.25) is 0 Å². The van der Waals surface area contributed by atoms with E-state index >= 15 is 0 Å². The highest BCUT2D eigenvalue weighted by molar-refractivity contribution is 5.54. The van der Waals surface area contributed by atoms with Crippen LogP contribution in [0.3, 0.4) is 0 Å². The van der Waals surface area contributed by atoms with Crippen molar-refractivity contribution in [1.82, 2.24) is 0 Å². The van der Waals surface area contributed by atoms with E-state index in [1.807, 2.05) is 0 Å². The van der Waals surface area contributed by atoms with Crippen molar-refractivity contribution in [3.63, 3.8) is 0 Å². The first-order valence-electron chi connectivity index (χ1n) is 4.07. The fraction of sp³-hybridized carbons (Fsp3) is 0.200. The predicted octanol–water partition coefficient (Wildman–Crippen LogP) is 4.37. The van der Waals surface area contributed by atoms with Crippen molar-refractivity contribution in [1.29, 1.82) is 0 Å². The molecular weight excluding hydrogens is 234 g/mol. The van der Waals surface area contributed by atoms with Crippen LogP contribution in [0.2, 0.25) is 0 Å². The number of rotatable bonds is 1. The summed E-state index contributed by atoms with van der Waals surface area (Å²) in [5.74, 6) is 0. The van der Waals surface area contributed by atoms with E-state index in [9.17, 15) is 26.3 Å². The van der Waals surface area contributed by atoms with Gasteiger partial charge in [-0.25, -0.2) is 0 Å². The molecule has 0 atom stereocenters. The van der Waals surface area contributed by atoms with Crippen molar-refractivity contribution in [3.8, 4) is 0 Å². The zero-order valence-corrected chi connectivity index (χ0v) is 7.78. The van der Waals surface area contributed by atoms with E-state index in [2.05, 4.69) is 6.58 Å². The molecule has 88 valence electrons. The van der Waals surface area contributed by atoms with Crippen LogP contribution < -0.4 is 0 Å². The van der Waals surface area contributed by atoms with Gasteiger partial charge in [0.15, 0.2) is 0 Å². The molecule has 0 fully saturated rings. The Kier molecular flexibility index (Phi) is 3.03. The Hall–Kier alpha value is -1.46. The molecule has 0 nitrogen and oxygen atoms in total. The number of alkyl halides is 6. The van der Waals surface area contributed by atoms with Crippen LogP contribution in [0.25, 0.3) is 6.08 Å². The van der Waals surface area contributed by atoms with Gasteiger partial charge in [-0.3, -0.25) is 0 Å².